The zero-order valence-corrected chi connectivity index (χ0v) is 9.65. The highest BCUT2D eigenvalue weighted by Gasteiger charge is 2.21. The maximum absolute atomic E-state index is 10.7. The summed E-state index contributed by atoms with van der Waals surface area (Å²) >= 11 is 5.73. The number of benzene rings is 1. The van der Waals surface area contributed by atoms with E-state index in [1.165, 1.54) is 11.1 Å². The van der Waals surface area contributed by atoms with Crippen LogP contribution >= 0.6 is 11.6 Å². The minimum Gasteiger partial charge on any atom is -0.480 e. The fourth-order valence-corrected chi connectivity index (χ4v) is 2.21. The summed E-state index contributed by atoms with van der Waals surface area (Å²) in [5, 5.41) is 7.93. The number of carboxylic acid groups (broad SMARTS) is 1. The van der Waals surface area contributed by atoms with E-state index >= 15 is 0 Å². The maximum Gasteiger partial charge on any atom is 0.322 e. The van der Waals surface area contributed by atoms with E-state index < -0.39 is 11.3 Å². The van der Waals surface area contributed by atoms with Crippen LogP contribution in [-0.2, 0) is 17.8 Å². The SMILES string of the molecule is O=C(O)C(Cl)CN1CCc2ccccc2C1. The second kappa shape index (κ2) is 4.85. The zero-order chi connectivity index (χ0) is 11.5. The van der Waals surface area contributed by atoms with Crippen molar-refractivity contribution in [2.24, 2.45) is 0 Å². The highest BCUT2D eigenvalue weighted by Crippen LogP contribution is 2.19. The molecule has 0 aliphatic carbocycles. The molecule has 0 amide bonds. The molecular formula is C12H14ClNO2. The van der Waals surface area contributed by atoms with Gasteiger partial charge in [0.15, 0.2) is 0 Å². The fourth-order valence-electron chi connectivity index (χ4n) is 2.01. The van der Waals surface area contributed by atoms with E-state index in [4.69, 9.17) is 16.7 Å². The van der Waals surface area contributed by atoms with Crippen LogP contribution in [0.5, 0.6) is 0 Å². The third-order valence-corrected chi connectivity index (χ3v) is 3.22. The van der Waals surface area contributed by atoms with Crippen molar-refractivity contribution >= 4 is 17.6 Å². The molecular weight excluding hydrogens is 226 g/mol. The second-order valence-electron chi connectivity index (χ2n) is 4.06. The number of hydrogen-bond donors (Lipinski definition) is 1. The quantitative estimate of drug-likeness (QED) is 0.817. The van der Waals surface area contributed by atoms with Crippen LogP contribution in [0.1, 0.15) is 11.1 Å². The Bertz CT molecular complexity index is 394. The van der Waals surface area contributed by atoms with Gasteiger partial charge in [0.1, 0.15) is 5.38 Å². The number of rotatable bonds is 3. The summed E-state index contributed by atoms with van der Waals surface area (Å²) < 4.78 is 0. The molecule has 0 fully saturated rings. The number of nitrogens with zero attached hydrogens (tertiary/aromatic N) is 1. The van der Waals surface area contributed by atoms with Crippen LogP contribution in [0.4, 0.5) is 0 Å². The summed E-state index contributed by atoms with van der Waals surface area (Å²) in [5.74, 6) is -0.944. The Labute approximate surface area is 99.6 Å². The van der Waals surface area contributed by atoms with Crippen LogP contribution in [0, 0.1) is 0 Å². The zero-order valence-electron chi connectivity index (χ0n) is 8.90. The van der Waals surface area contributed by atoms with Crippen LogP contribution in [0.3, 0.4) is 0 Å². The summed E-state index contributed by atoms with van der Waals surface area (Å²) in [5.41, 5.74) is 2.64. The monoisotopic (exact) mass is 239 g/mol. The summed E-state index contributed by atoms with van der Waals surface area (Å²) in [6.07, 6.45) is 0.972. The van der Waals surface area contributed by atoms with Gasteiger partial charge in [0.25, 0.3) is 0 Å². The van der Waals surface area contributed by atoms with Crippen molar-refractivity contribution in [1.29, 1.82) is 0 Å². The third-order valence-electron chi connectivity index (χ3n) is 2.90. The lowest BCUT2D eigenvalue weighted by Gasteiger charge is -2.29. The van der Waals surface area contributed by atoms with Crippen molar-refractivity contribution < 1.29 is 9.90 Å². The average Bonchev–Trinajstić information content (AvgIpc) is 2.28. The van der Waals surface area contributed by atoms with Gasteiger partial charge in [0.05, 0.1) is 0 Å². The normalized spacial score (nSPS) is 17.8. The molecule has 0 saturated heterocycles. The van der Waals surface area contributed by atoms with Crippen molar-refractivity contribution in [1.82, 2.24) is 4.90 Å². The lowest BCUT2D eigenvalue weighted by Crippen LogP contribution is -2.37. The van der Waals surface area contributed by atoms with E-state index in [-0.39, 0.29) is 0 Å². The van der Waals surface area contributed by atoms with Gasteiger partial charge in [-0.3, -0.25) is 9.69 Å². The van der Waals surface area contributed by atoms with E-state index in [0.29, 0.717) is 6.54 Å². The Morgan fingerprint density at radius 3 is 2.81 bits per heavy atom. The first-order valence-corrected chi connectivity index (χ1v) is 5.76. The molecule has 1 aliphatic heterocycles. The number of carbonyl (C=O) groups is 1. The van der Waals surface area contributed by atoms with Gasteiger partial charge in [-0.1, -0.05) is 24.3 Å². The van der Waals surface area contributed by atoms with Gasteiger partial charge in [0, 0.05) is 19.6 Å². The molecule has 1 aromatic carbocycles. The van der Waals surface area contributed by atoms with Crippen LogP contribution < -0.4 is 0 Å². The van der Waals surface area contributed by atoms with Crippen molar-refractivity contribution in [2.45, 2.75) is 18.3 Å². The molecule has 1 aromatic rings. The fraction of sp³-hybridized carbons (Fsp3) is 0.417. The van der Waals surface area contributed by atoms with E-state index in [1.54, 1.807) is 0 Å². The molecule has 2 rings (SSSR count). The van der Waals surface area contributed by atoms with Crippen LogP contribution in [0.15, 0.2) is 24.3 Å². The molecule has 0 radical (unpaired) electrons. The molecule has 0 aromatic heterocycles. The summed E-state index contributed by atoms with van der Waals surface area (Å²) in [4.78, 5) is 12.8. The maximum atomic E-state index is 10.7. The summed E-state index contributed by atoms with van der Waals surface area (Å²) in [6, 6.07) is 8.27. The predicted octanol–water partition coefficient (Wildman–Crippen LogP) is 1.74. The van der Waals surface area contributed by atoms with Gasteiger partial charge >= 0.3 is 5.97 Å². The van der Waals surface area contributed by atoms with E-state index in [1.807, 2.05) is 12.1 Å². The molecule has 0 bridgehead atoms. The number of halogens is 1. The smallest absolute Gasteiger partial charge is 0.322 e. The minimum absolute atomic E-state index is 0.408. The number of hydrogen-bond acceptors (Lipinski definition) is 2. The van der Waals surface area contributed by atoms with Crippen molar-refractivity contribution in [3.8, 4) is 0 Å². The lowest BCUT2D eigenvalue weighted by atomic mass is 10.00. The van der Waals surface area contributed by atoms with Gasteiger partial charge in [-0.25, -0.2) is 0 Å². The first kappa shape index (κ1) is 11.4. The highest BCUT2D eigenvalue weighted by atomic mass is 35.5. The Morgan fingerprint density at radius 1 is 1.44 bits per heavy atom. The molecule has 86 valence electrons. The third kappa shape index (κ3) is 2.54. The summed E-state index contributed by atoms with van der Waals surface area (Å²) in [6.45, 7) is 2.09. The van der Waals surface area contributed by atoms with Crippen LogP contribution in [0.2, 0.25) is 0 Å². The summed E-state index contributed by atoms with van der Waals surface area (Å²) in [7, 11) is 0. The highest BCUT2D eigenvalue weighted by molar-refractivity contribution is 6.29. The number of aliphatic carboxylic acids is 1. The molecule has 1 atom stereocenters. The lowest BCUT2D eigenvalue weighted by molar-refractivity contribution is -0.137. The standard InChI is InChI=1S/C12H14ClNO2/c13-11(12(15)16)8-14-6-5-9-3-1-2-4-10(9)7-14/h1-4,11H,5-8H2,(H,15,16). The van der Waals surface area contributed by atoms with E-state index in [0.717, 1.165) is 19.5 Å². The predicted molar refractivity (Wildman–Crippen MR) is 62.7 cm³/mol. The molecule has 1 unspecified atom stereocenters. The molecule has 0 spiro atoms. The van der Waals surface area contributed by atoms with Crippen molar-refractivity contribution in [3.63, 3.8) is 0 Å². The van der Waals surface area contributed by atoms with Gasteiger partial charge in [-0.15, -0.1) is 11.6 Å². The van der Waals surface area contributed by atoms with Gasteiger partial charge in [0.2, 0.25) is 0 Å². The van der Waals surface area contributed by atoms with Crippen molar-refractivity contribution in [3.05, 3.63) is 35.4 Å². The number of carboxylic acids is 1. The molecule has 1 heterocycles. The van der Waals surface area contributed by atoms with Crippen LogP contribution in [-0.4, -0.2) is 34.4 Å². The Morgan fingerprint density at radius 2 is 2.12 bits per heavy atom. The Balaban J connectivity index is 2.00. The Hall–Kier alpha value is -1.06. The van der Waals surface area contributed by atoms with E-state index in [9.17, 15) is 4.79 Å². The van der Waals surface area contributed by atoms with Crippen LogP contribution in [0.25, 0.3) is 0 Å². The molecule has 0 saturated carbocycles. The molecule has 4 heteroatoms. The number of alkyl halides is 1. The minimum atomic E-state index is -0.944. The average molecular weight is 240 g/mol. The largest absolute Gasteiger partial charge is 0.480 e. The number of fused-ring (bicyclic) bond motifs is 1. The topological polar surface area (TPSA) is 40.5 Å². The van der Waals surface area contributed by atoms with Gasteiger partial charge < -0.3 is 5.11 Å². The van der Waals surface area contributed by atoms with Crippen molar-refractivity contribution in [2.75, 3.05) is 13.1 Å². The second-order valence-corrected chi connectivity index (χ2v) is 4.59. The first-order chi connectivity index (χ1) is 7.66. The van der Waals surface area contributed by atoms with Gasteiger partial charge in [-0.2, -0.15) is 0 Å². The van der Waals surface area contributed by atoms with E-state index in [2.05, 4.69) is 17.0 Å². The molecule has 16 heavy (non-hydrogen) atoms. The molecule has 1 N–H and O–H groups in total. The molecule has 3 nitrogen and oxygen atoms in total. The van der Waals surface area contributed by atoms with Gasteiger partial charge in [-0.05, 0) is 17.5 Å². The Kier molecular flexibility index (Phi) is 3.46. The molecule has 1 aliphatic rings. The first-order valence-electron chi connectivity index (χ1n) is 5.33.